The Morgan fingerprint density at radius 2 is 1.83 bits per heavy atom. The average molecular weight is 425 g/mol. The first-order valence-corrected chi connectivity index (χ1v) is 11.4. The number of hydrogen-bond acceptors (Lipinski definition) is 6. The summed E-state index contributed by atoms with van der Waals surface area (Å²) >= 11 is 0. The summed E-state index contributed by atoms with van der Waals surface area (Å²) in [7, 11) is -2.46. The van der Waals surface area contributed by atoms with Gasteiger partial charge < -0.3 is 14.4 Å². The smallest absolute Gasteiger partial charge is 0.338 e. The van der Waals surface area contributed by atoms with Gasteiger partial charge in [0.05, 0.1) is 12.7 Å². The third kappa shape index (κ3) is 5.27. The maximum Gasteiger partial charge on any atom is 0.338 e. The molecule has 160 valence electrons. The van der Waals surface area contributed by atoms with Crippen LogP contribution in [0.25, 0.3) is 0 Å². The molecule has 0 spiro atoms. The quantitative estimate of drug-likeness (QED) is 0.671. The molecule has 1 atom stereocenters. The number of rotatable bonds is 7. The number of carbonyl (C=O) groups excluding carboxylic acids is 2. The Bertz CT molecular complexity index is 873. The molecule has 0 bridgehead atoms. The number of likely N-dealkylation sites (tertiary alicyclic amines) is 1. The standard InChI is InChI=1S/C20H28N2O6S/c1-13-8-10-22(11-9-13)19(23)14(2)28-20(24)15-4-7-17(27-3)18(12-15)29(25,26)21-16-5-6-16/h4,7,12-14,16,21H,5-6,8-11H2,1-3H3/t14-/m1/s1. The topological polar surface area (TPSA) is 102 Å². The Kier molecular flexibility index (Phi) is 6.48. The molecule has 8 nitrogen and oxygen atoms in total. The van der Waals surface area contributed by atoms with E-state index in [1.54, 1.807) is 4.90 Å². The molecule has 1 saturated heterocycles. The third-order valence-electron chi connectivity index (χ3n) is 5.31. The number of hydrogen-bond donors (Lipinski definition) is 1. The zero-order chi connectivity index (χ0) is 21.2. The van der Waals surface area contributed by atoms with Gasteiger partial charge in [-0.1, -0.05) is 6.92 Å². The molecular formula is C20H28N2O6S. The van der Waals surface area contributed by atoms with Crippen molar-refractivity contribution < 1.29 is 27.5 Å². The molecule has 3 rings (SSSR count). The van der Waals surface area contributed by atoms with Crippen LogP contribution in [0.1, 0.15) is 49.9 Å². The fourth-order valence-corrected chi connectivity index (χ4v) is 4.76. The number of amides is 1. The van der Waals surface area contributed by atoms with Crippen LogP contribution in [0.5, 0.6) is 5.75 Å². The minimum absolute atomic E-state index is 0.0499. The number of carbonyl (C=O) groups is 2. The highest BCUT2D eigenvalue weighted by molar-refractivity contribution is 7.89. The van der Waals surface area contributed by atoms with E-state index in [2.05, 4.69) is 11.6 Å². The van der Waals surface area contributed by atoms with E-state index < -0.39 is 22.1 Å². The van der Waals surface area contributed by atoms with Gasteiger partial charge in [0.2, 0.25) is 10.0 Å². The molecule has 0 unspecified atom stereocenters. The summed E-state index contributed by atoms with van der Waals surface area (Å²) in [5.74, 6) is -0.258. The lowest BCUT2D eigenvalue weighted by molar-refractivity contribution is -0.141. The van der Waals surface area contributed by atoms with E-state index in [1.165, 1.54) is 32.2 Å². The molecule has 9 heteroatoms. The van der Waals surface area contributed by atoms with Crippen molar-refractivity contribution in [1.29, 1.82) is 0 Å². The van der Waals surface area contributed by atoms with Crippen LogP contribution >= 0.6 is 0 Å². The second-order valence-electron chi connectivity index (χ2n) is 7.82. The first-order chi connectivity index (χ1) is 13.7. The molecule has 1 heterocycles. The lowest BCUT2D eigenvalue weighted by Crippen LogP contribution is -2.44. The third-order valence-corrected chi connectivity index (χ3v) is 6.86. The van der Waals surface area contributed by atoms with Crippen molar-refractivity contribution in [2.24, 2.45) is 5.92 Å². The van der Waals surface area contributed by atoms with Crippen molar-refractivity contribution in [3.63, 3.8) is 0 Å². The van der Waals surface area contributed by atoms with Crippen LogP contribution in [-0.4, -0.2) is 57.5 Å². The molecule has 1 aromatic rings. The van der Waals surface area contributed by atoms with E-state index in [9.17, 15) is 18.0 Å². The van der Waals surface area contributed by atoms with Crippen molar-refractivity contribution in [1.82, 2.24) is 9.62 Å². The van der Waals surface area contributed by atoms with Gasteiger partial charge in [-0.25, -0.2) is 17.9 Å². The van der Waals surface area contributed by atoms with Gasteiger partial charge in [0.1, 0.15) is 10.6 Å². The van der Waals surface area contributed by atoms with E-state index in [0.717, 1.165) is 25.7 Å². The second kappa shape index (κ2) is 8.71. The number of benzene rings is 1. The molecule has 1 N–H and O–H groups in total. The highest BCUT2D eigenvalue weighted by Crippen LogP contribution is 2.28. The number of ether oxygens (including phenoxy) is 2. The molecular weight excluding hydrogens is 396 g/mol. The van der Waals surface area contributed by atoms with E-state index in [-0.39, 0.29) is 28.2 Å². The summed E-state index contributed by atoms with van der Waals surface area (Å²) in [4.78, 5) is 26.7. The Morgan fingerprint density at radius 1 is 1.17 bits per heavy atom. The van der Waals surface area contributed by atoms with Gasteiger partial charge in [-0.3, -0.25) is 4.79 Å². The zero-order valence-electron chi connectivity index (χ0n) is 17.0. The highest BCUT2D eigenvalue weighted by atomic mass is 32.2. The summed E-state index contributed by atoms with van der Waals surface area (Å²) in [6.07, 6.45) is 2.50. The average Bonchev–Trinajstić information content (AvgIpc) is 3.50. The van der Waals surface area contributed by atoms with Crippen molar-refractivity contribution >= 4 is 21.9 Å². The minimum atomic E-state index is -3.82. The molecule has 0 aromatic heterocycles. The first-order valence-electron chi connectivity index (χ1n) is 9.91. The SMILES string of the molecule is COc1ccc(C(=O)O[C@H](C)C(=O)N2CCC(C)CC2)cc1S(=O)(=O)NC1CC1. The van der Waals surface area contributed by atoms with Gasteiger partial charge in [0.15, 0.2) is 6.10 Å². The van der Waals surface area contributed by atoms with E-state index in [0.29, 0.717) is 19.0 Å². The van der Waals surface area contributed by atoms with Gasteiger partial charge >= 0.3 is 5.97 Å². The number of esters is 1. The van der Waals surface area contributed by atoms with Gasteiger partial charge in [0, 0.05) is 19.1 Å². The number of sulfonamides is 1. The van der Waals surface area contributed by atoms with Gasteiger partial charge in [-0.15, -0.1) is 0 Å². The van der Waals surface area contributed by atoms with Crippen molar-refractivity contribution in [2.45, 2.75) is 56.6 Å². The Balaban J connectivity index is 1.71. The summed E-state index contributed by atoms with van der Waals surface area (Å²) in [5, 5.41) is 0. The maximum absolute atomic E-state index is 12.6. The lowest BCUT2D eigenvalue weighted by Gasteiger charge is -2.31. The van der Waals surface area contributed by atoms with Crippen LogP contribution in [0.4, 0.5) is 0 Å². The van der Waals surface area contributed by atoms with Crippen molar-refractivity contribution in [3.05, 3.63) is 23.8 Å². The van der Waals surface area contributed by atoms with Crippen molar-refractivity contribution in [2.75, 3.05) is 20.2 Å². The molecule has 1 saturated carbocycles. The molecule has 1 aromatic carbocycles. The van der Waals surface area contributed by atoms with E-state index in [4.69, 9.17) is 9.47 Å². The van der Waals surface area contributed by atoms with Crippen LogP contribution in [-0.2, 0) is 19.6 Å². The minimum Gasteiger partial charge on any atom is -0.495 e. The number of piperidine rings is 1. The lowest BCUT2D eigenvalue weighted by atomic mass is 9.99. The monoisotopic (exact) mass is 424 g/mol. The molecule has 1 aliphatic carbocycles. The van der Waals surface area contributed by atoms with Gasteiger partial charge in [0.25, 0.3) is 5.91 Å². The molecule has 2 fully saturated rings. The predicted octanol–water partition coefficient (Wildman–Crippen LogP) is 1.94. The van der Waals surface area contributed by atoms with E-state index in [1.807, 2.05) is 0 Å². The largest absolute Gasteiger partial charge is 0.495 e. The Morgan fingerprint density at radius 3 is 2.41 bits per heavy atom. The summed E-state index contributed by atoms with van der Waals surface area (Å²) in [6.45, 7) is 4.99. The zero-order valence-corrected chi connectivity index (χ0v) is 17.8. The fourth-order valence-electron chi connectivity index (χ4n) is 3.26. The van der Waals surface area contributed by atoms with Crippen LogP contribution in [0, 0.1) is 5.92 Å². The Labute approximate surface area is 171 Å². The first kappa shape index (κ1) is 21.6. The number of nitrogens with one attached hydrogen (secondary N) is 1. The maximum atomic E-state index is 12.6. The van der Waals surface area contributed by atoms with Gasteiger partial charge in [-0.2, -0.15) is 0 Å². The molecule has 29 heavy (non-hydrogen) atoms. The van der Waals surface area contributed by atoms with Crippen LogP contribution in [0.2, 0.25) is 0 Å². The van der Waals surface area contributed by atoms with Crippen LogP contribution in [0.15, 0.2) is 23.1 Å². The Hall–Kier alpha value is -2.13. The fraction of sp³-hybridized carbons (Fsp3) is 0.600. The molecule has 1 amide bonds. The van der Waals surface area contributed by atoms with Crippen LogP contribution in [0.3, 0.4) is 0 Å². The molecule has 0 radical (unpaired) electrons. The summed E-state index contributed by atoms with van der Waals surface area (Å²) in [6, 6.07) is 3.99. The molecule has 1 aliphatic heterocycles. The second-order valence-corrected chi connectivity index (χ2v) is 9.50. The van der Waals surface area contributed by atoms with Gasteiger partial charge in [-0.05, 0) is 56.7 Å². The predicted molar refractivity (Wildman–Crippen MR) is 106 cm³/mol. The highest BCUT2D eigenvalue weighted by Gasteiger charge is 2.31. The molecule has 2 aliphatic rings. The number of methoxy groups -OCH3 is 1. The summed E-state index contributed by atoms with van der Waals surface area (Å²) in [5.41, 5.74) is 0.0499. The van der Waals surface area contributed by atoms with Crippen molar-refractivity contribution in [3.8, 4) is 5.75 Å². The number of nitrogens with zero attached hydrogens (tertiary/aromatic N) is 1. The van der Waals surface area contributed by atoms with Crippen LogP contribution < -0.4 is 9.46 Å². The summed E-state index contributed by atoms with van der Waals surface area (Å²) < 4.78 is 38.2. The normalized spacial score (nSPS) is 18.9. The van der Waals surface area contributed by atoms with E-state index >= 15 is 0 Å².